The first-order chi connectivity index (χ1) is 14.9. The van der Waals surface area contributed by atoms with Crippen molar-refractivity contribution in [1.82, 2.24) is 9.88 Å². The highest BCUT2D eigenvalue weighted by Gasteiger charge is 2.33. The SMILES string of the molecule is C[C@@H]1CN(c2oc(/C=C3/SC(=S)N(CCc4ccccc4)C3=O)nc2C#N)C[C@H](C)O1. The minimum absolute atomic E-state index is 0.0182. The van der Waals surface area contributed by atoms with Crippen molar-refractivity contribution in [2.24, 2.45) is 0 Å². The van der Waals surface area contributed by atoms with Crippen molar-refractivity contribution in [3.05, 3.63) is 52.4 Å². The number of morpholine rings is 1. The van der Waals surface area contributed by atoms with Gasteiger partial charge in [0, 0.05) is 25.7 Å². The van der Waals surface area contributed by atoms with Crippen molar-refractivity contribution in [2.75, 3.05) is 24.5 Å². The van der Waals surface area contributed by atoms with Crippen LogP contribution in [0, 0.1) is 11.3 Å². The molecule has 0 radical (unpaired) electrons. The van der Waals surface area contributed by atoms with Gasteiger partial charge in [0.05, 0.1) is 17.1 Å². The molecule has 0 unspecified atom stereocenters. The zero-order valence-corrected chi connectivity index (χ0v) is 18.9. The molecule has 4 rings (SSSR count). The Balaban J connectivity index is 1.51. The largest absolute Gasteiger partial charge is 0.420 e. The lowest BCUT2D eigenvalue weighted by Crippen LogP contribution is -2.45. The second-order valence-electron chi connectivity index (χ2n) is 7.55. The van der Waals surface area contributed by atoms with Gasteiger partial charge in [-0.1, -0.05) is 54.3 Å². The molecule has 1 aromatic carbocycles. The van der Waals surface area contributed by atoms with Crippen LogP contribution in [0.1, 0.15) is 31.0 Å². The predicted molar refractivity (Wildman–Crippen MR) is 123 cm³/mol. The van der Waals surface area contributed by atoms with Gasteiger partial charge in [0.15, 0.2) is 0 Å². The Morgan fingerprint density at radius 2 is 2.00 bits per heavy atom. The van der Waals surface area contributed by atoms with Crippen LogP contribution in [0.5, 0.6) is 0 Å². The second kappa shape index (κ2) is 9.22. The van der Waals surface area contributed by atoms with Gasteiger partial charge in [-0.05, 0) is 25.8 Å². The Morgan fingerprint density at radius 3 is 2.68 bits per heavy atom. The van der Waals surface area contributed by atoms with Crippen LogP contribution in [0.25, 0.3) is 6.08 Å². The van der Waals surface area contributed by atoms with Gasteiger partial charge in [-0.25, -0.2) is 0 Å². The van der Waals surface area contributed by atoms with Crippen LogP contribution in [0.2, 0.25) is 0 Å². The molecule has 2 atom stereocenters. The van der Waals surface area contributed by atoms with E-state index >= 15 is 0 Å². The monoisotopic (exact) mass is 454 g/mol. The number of ether oxygens (including phenoxy) is 1. The summed E-state index contributed by atoms with van der Waals surface area (Å²) in [5.74, 6) is 0.468. The topological polar surface area (TPSA) is 82.6 Å². The first-order valence-electron chi connectivity index (χ1n) is 10.0. The van der Waals surface area contributed by atoms with E-state index in [4.69, 9.17) is 21.4 Å². The summed E-state index contributed by atoms with van der Waals surface area (Å²) in [5, 5.41) is 9.52. The normalized spacial score (nSPS) is 22.9. The maximum absolute atomic E-state index is 12.9. The van der Waals surface area contributed by atoms with Gasteiger partial charge in [0.2, 0.25) is 17.5 Å². The quantitative estimate of drug-likeness (QED) is 0.501. The van der Waals surface area contributed by atoms with Crippen molar-refractivity contribution in [2.45, 2.75) is 32.5 Å². The lowest BCUT2D eigenvalue weighted by molar-refractivity contribution is -0.122. The zero-order valence-electron chi connectivity index (χ0n) is 17.3. The van der Waals surface area contributed by atoms with Crippen LogP contribution in [0.4, 0.5) is 5.88 Å². The van der Waals surface area contributed by atoms with Gasteiger partial charge < -0.3 is 14.1 Å². The van der Waals surface area contributed by atoms with Gasteiger partial charge in [-0.2, -0.15) is 10.2 Å². The lowest BCUT2D eigenvalue weighted by atomic mass is 10.1. The van der Waals surface area contributed by atoms with Crippen molar-refractivity contribution in [3.8, 4) is 6.07 Å². The minimum atomic E-state index is -0.169. The molecular formula is C22H22N4O3S2. The minimum Gasteiger partial charge on any atom is -0.420 e. The fourth-order valence-corrected chi connectivity index (χ4v) is 4.98. The van der Waals surface area contributed by atoms with Crippen molar-refractivity contribution in [1.29, 1.82) is 5.26 Å². The van der Waals surface area contributed by atoms with Crippen molar-refractivity contribution < 1.29 is 13.9 Å². The fourth-order valence-electron chi connectivity index (χ4n) is 3.71. The molecule has 160 valence electrons. The fraction of sp³-hybridized carbons (Fsp3) is 0.364. The molecule has 2 aliphatic heterocycles. The Kier molecular flexibility index (Phi) is 6.41. The molecule has 7 nitrogen and oxygen atoms in total. The smallest absolute Gasteiger partial charge is 0.266 e. The Morgan fingerprint density at radius 1 is 1.29 bits per heavy atom. The third-order valence-electron chi connectivity index (χ3n) is 5.03. The predicted octanol–water partition coefficient (Wildman–Crippen LogP) is 3.60. The van der Waals surface area contributed by atoms with Gasteiger partial charge >= 0.3 is 0 Å². The van der Waals surface area contributed by atoms with E-state index in [0.717, 1.165) is 12.0 Å². The Labute approximate surface area is 190 Å². The van der Waals surface area contributed by atoms with Crippen LogP contribution >= 0.6 is 24.0 Å². The summed E-state index contributed by atoms with van der Waals surface area (Å²) >= 11 is 6.63. The molecule has 0 bridgehead atoms. The van der Waals surface area contributed by atoms with Crippen molar-refractivity contribution in [3.63, 3.8) is 0 Å². The van der Waals surface area contributed by atoms with Gasteiger partial charge in [0.25, 0.3) is 5.91 Å². The number of thiocarbonyl (C=S) groups is 1. The number of nitrogens with zero attached hydrogens (tertiary/aromatic N) is 4. The number of rotatable bonds is 5. The van der Waals surface area contributed by atoms with Gasteiger partial charge in [0.1, 0.15) is 10.4 Å². The number of hydrogen-bond donors (Lipinski definition) is 0. The molecule has 2 saturated heterocycles. The van der Waals surface area contributed by atoms with Crippen LogP contribution in [0.15, 0.2) is 39.7 Å². The molecule has 0 spiro atoms. The first-order valence-corrected chi connectivity index (χ1v) is 11.3. The van der Waals surface area contributed by atoms with Crippen LogP contribution in [-0.4, -0.2) is 52.0 Å². The molecule has 31 heavy (non-hydrogen) atoms. The Bertz CT molecular complexity index is 1050. The molecule has 1 aromatic heterocycles. The van der Waals surface area contributed by atoms with E-state index in [1.54, 1.807) is 11.0 Å². The molecule has 2 aromatic rings. The lowest BCUT2D eigenvalue weighted by Gasteiger charge is -2.34. The van der Waals surface area contributed by atoms with E-state index in [1.807, 2.05) is 49.1 Å². The third kappa shape index (κ3) is 4.82. The average Bonchev–Trinajstić information content (AvgIpc) is 3.27. The summed E-state index contributed by atoms with van der Waals surface area (Å²) in [5.41, 5.74) is 1.35. The summed E-state index contributed by atoms with van der Waals surface area (Å²) in [6.45, 7) is 5.68. The molecule has 3 heterocycles. The standard InChI is InChI=1S/C22H22N4O3S2/c1-14-12-25(13-15(2)28-14)21-17(11-23)24-19(29-21)10-18-20(27)26(22(30)31-18)9-8-16-6-4-3-5-7-16/h3-7,10,14-15H,8-9,12-13H2,1-2H3/b18-10+/t14-,15+. The van der Waals surface area contributed by atoms with E-state index in [1.165, 1.54) is 11.8 Å². The number of anilines is 1. The number of thioether (sulfide) groups is 1. The van der Waals surface area contributed by atoms with E-state index in [9.17, 15) is 10.1 Å². The molecule has 2 aliphatic rings. The van der Waals surface area contributed by atoms with Gasteiger partial charge in [-0.15, -0.1) is 0 Å². The third-order valence-corrected chi connectivity index (χ3v) is 6.41. The van der Waals surface area contributed by atoms with E-state index in [-0.39, 0.29) is 29.7 Å². The number of hydrogen-bond acceptors (Lipinski definition) is 8. The zero-order chi connectivity index (χ0) is 22.0. The molecule has 9 heteroatoms. The van der Waals surface area contributed by atoms with Gasteiger partial charge in [-0.3, -0.25) is 9.69 Å². The van der Waals surface area contributed by atoms with Crippen LogP contribution in [-0.2, 0) is 16.0 Å². The number of carbonyl (C=O) groups is 1. The van der Waals surface area contributed by atoms with E-state index in [0.29, 0.717) is 34.7 Å². The summed E-state index contributed by atoms with van der Waals surface area (Å²) < 4.78 is 12.1. The molecule has 1 amide bonds. The molecule has 0 aliphatic carbocycles. The Hall–Kier alpha value is -2.67. The molecule has 2 fully saturated rings. The average molecular weight is 455 g/mol. The number of oxazole rings is 1. The van der Waals surface area contributed by atoms with Crippen LogP contribution < -0.4 is 4.90 Å². The summed E-state index contributed by atoms with van der Waals surface area (Å²) in [6, 6.07) is 12.1. The highest BCUT2D eigenvalue weighted by atomic mass is 32.2. The number of benzene rings is 1. The van der Waals surface area contributed by atoms with E-state index in [2.05, 4.69) is 11.1 Å². The maximum atomic E-state index is 12.9. The highest BCUT2D eigenvalue weighted by Crippen LogP contribution is 2.34. The molecule has 0 N–H and O–H groups in total. The number of carbonyl (C=O) groups excluding carboxylic acids is 1. The first kappa shape index (κ1) is 21.6. The summed E-state index contributed by atoms with van der Waals surface area (Å²) in [4.78, 5) is 21.2. The molecule has 0 saturated carbocycles. The van der Waals surface area contributed by atoms with Crippen LogP contribution in [0.3, 0.4) is 0 Å². The highest BCUT2D eigenvalue weighted by molar-refractivity contribution is 8.26. The number of amides is 1. The number of aromatic nitrogens is 1. The summed E-state index contributed by atoms with van der Waals surface area (Å²) in [6.07, 6.45) is 2.32. The van der Waals surface area contributed by atoms with E-state index < -0.39 is 0 Å². The van der Waals surface area contributed by atoms with Crippen molar-refractivity contribution >= 4 is 46.2 Å². The summed E-state index contributed by atoms with van der Waals surface area (Å²) in [7, 11) is 0. The molecular weight excluding hydrogens is 432 g/mol. The second-order valence-corrected chi connectivity index (χ2v) is 9.22. The number of nitriles is 1. The maximum Gasteiger partial charge on any atom is 0.266 e.